The van der Waals surface area contributed by atoms with Crippen LogP contribution >= 0.6 is 0 Å². The molecule has 0 fully saturated rings. The number of ether oxygens (including phenoxy) is 2. The summed E-state index contributed by atoms with van der Waals surface area (Å²) < 4.78 is 8.81. The number of carbonyl (C=O) groups excluding carboxylic acids is 1. The molecule has 0 saturated heterocycles. The van der Waals surface area contributed by atoms with E-state index in [1.807, 2.05) is 0 Å². The third-order valence-corrected chi connectivity index (χ3v) is 0.852. The Morgan fingerprint density at radius 3 is 1.83 bits per heavy atom. The van der Waals surface area contributed by atoms with Gasteiger partial charge in [-0.05, 0) is 0 Å². The average molecular weight is 180 g/mol. The van der Waals surface area contributed by atoms with E-state index in [9.17, 15) is 4.79 Å². The summed E-state index contributed by atoms with van der Waals surface area (Å²) in [5.41, 5.74) is 0. The second kappa shape index (κ2) is 8.21. The van der Waals surface area contributed by atoms with Gasteiger partial charge in [0.1, 0.15) is 27.0 Å². The van der Waals surface area contributed by atoms with E-state index in [0.29, 0.717) is 0 Å². The summed E-state index contributed by atoms with van der Waals surface area (Å²) in [6, 6.07) is -0.503. The fourth-order valence-corrected chi connectivity index (χ4v) is 0.387. The zero-order valence-corrected chi connectivity index (χ0v) is 6.45. The number of urea groups is 1. The summed E-state index contributed by atoms with van der Waals surface area (Å²) in [5, 5.41) is 20.8. The van der Waals surface area contributed by atoms with E-state index in [4.69, 9.17) is 10.2 Å². The first kappa shape index (κ1) is 11.1. The van der Waals surface area contributed by atoms with Crippen molar-refractivity contribution in [2.45, 2.75) is 0 Å². The van der Waals surface area contributed by atoms with Crippen molar-refractivity contribution in [1.82, 2.24) is 10.6 Å². The minimum Gasteiger partial charge on any atom is -0.371 e. The Kier molecular flexibility index (Phi) is 7.60. The molecule has 4 N–H and O–H groups in total. The highest BCUT2D eigenvalue weighted by molar-refractivity contribution is 5.73. The molecule has 0 radical (unpaired) electrons. The summed E-state index contributed by atoms with van der Waals surface area (Å²) in [4.78, 5) is 10.6. The lowest BCUT2D eigenvalue weighted by molar-refractivity contribution is -0.0121. The van der Waals surface area contributed by atoms with Gasteiger partial charge in [0.05, 0.1) is 0 Å². The van der Waals surface area contributed by atoms with Crippen LogP contribution in [0.2, 0.25) is 0 Å². The molecule has 0 aromatic heterocycles. The van der Waals surface area contributed by atoms with Gasteiger partial charge in [-0.1, -0.05) is 0 Å². The van der Waals surface area contributed by atoms with Crippen molar-refractivity contribution in [2.24, 2.45) is 0 Å². The van der Waals surface area contributed by atoms with Crippen molar-refractivity contribution in [3.8, 4) is 0 Å². The predicted octanol–water partition coefficient (Wildman–Crippen LogP) is -1.87. The van der Waals surface area contributed by atoms with Crippen LogP contribution in [0.3, 0.4) is 0 Å². The molecule has 0 spiro atoms. The van der Waals surface area contributed by atoms with Crippen LogP contribution in [0, 0.1) is 0 Å². The van der Waals surface area contributed by atoms with Gasteiger partial charge in [-0.25, -0.2) is 4.79 Å². The van der Waals surface area contributed by atoms with Gasteiger partial charge in [-0.3, -0.25) is 0 Å². The highest BCUT2D eigenvalue weighted by Gasteiger charge is 1.96. The first-order valence-corrected chi connectivity index (χ1v) is 3.20. The van der Waals surface area contributed by atoms with Crippen molar-refractivity contribution < 1.29 is 24.5 Å². The Bertz CT molecular complexity index is 108. The fourth-order valence-electron chi connectivity index (χ4n) is 0.387. The topological polar surface area (TPSA) is 100 Å². The Labute approximate surface area is 69.3 Å². The van der Waals surface area contributed by atoms with Gasteiger partial charge < -0.3 is 30.3 Å². The van der Waals surface area contributed by atoms with Crippen molar-refractivity contribution in [2.75, 3.05) is 27.0 Å². The fraction of sp³-hybridized carbons (Fsp3) is 0.800. The van der Waals surface area contributed by atoms with Crippen LogP contribution < -0.4 is 10.6 Å². The third kappa shape index (κ3) is 7.22. The summed E-state index contributed by atoms with van der Waals surface area (Å²) >= 11 is 0. The van der Waals surface area contributed by atoms with Crippen molar-refractivity contribution >= 4 is 6.03 Å². The molecule has 0 aliphatic rings. The number of aliphatic hydroxyl groups excluding tert-OH is 2. The van der Waals surface area contributed by atoms with Crippen LogP contribution in [0.4, 0.5) is 4.79 Å². The van der Waals surface area contributed by atoms with Gasteiger partial charge in [-0.2, -0.15) is 0 Å². The molecular weight excluding hydrogens is 168 g/mol. The Morgan fingerprint density at radius 2 is 1.50 bits per heavy atom. The van der Waals surface area contributed by atoms with Crippen LogP contribution in [0.5, 0.6) is 0 Å². The highest BCUT2D eigenvalue weighted by Crippen LogP contribution is 1.69. The standard InChI is InChI=1S/C5H12N2O5/c8-3-11-1-6-5(10)7-2-12-4-9/h8-9H,1-4H2,(H2,6,7,10). The summed E-state index contributed by atoms with van der Waals surface area (Å²) in [5.74, 6) is 0. The van der Waals surface area contributed by atoms with E-state index < -0.39 is 19.6 Å². The number of hydrogen-bond donors (Lipinski definition) is 4. The van der Waals surface area contributed by atoms with Crippen molar-refractivity contribution in [3.63, 3.8) is 0 Å². The third-order valence-electron chi connectivity index (χ3n) is 0.852. The molecule has 72 valence electrons. The zero-order valence-electron chi connectivity index (χ0n) is 6.45. The Balaban J connectivity index is 3.10. The van der Waals surface area contributed by atoms with Crippen LogP contribution in [0.25, 0.3) is 0 Å². The van der Waals surface area contributed by atoms with Gasteiger partial charge in [-0.15, -0.1) is 0 Å². The zero-order chi connectivity index (χ0) is 9.23. The van der Waals surface area contributed by atoms with E-state index in [-0.39, 0.29) is 13.5 Å². The van der Waals surface area contributed by atoms with Crippen LogP contribution in [-0.2, 0) is 9.47 Å². The number of rotatable bonds is 6. The number of aliphatic hydroxyl groups is 2. The number of carbonyl (C=O) groups is 1. The summed E-state index contributed by atoms with van der Waals surface area (Å²) in [7, 11) is 0. The molecular formula is C5H12N2O5. The quantitative estimate of drug-likeness (QED) is 0.283. The number of amides is 2. The smallest absolute Gasteiger partial charge is 0.318 e. The van der Waals surface area contributed by atoms with Gasteiger partial charge in [0.2, 0.25) is 0 Å². The molecule has 0 aromatic rings. The van der Waals surface area contributed by atoms with Gasteiger partial charge in [0.15, 0.2) is 0 Å². The van der Waals surface area contributed by atoms with Crippen molar-refractivity contribution in [3.05, 3.63) is 0 Å². The maximum absolute atomic E-state index is 10.6. The maximum Gasteiger partial charge on any atom is 0.318 e. The van der Waals surface area contributed by atoms with Crippen molar-refractivity contribution in [1.29, 1.82) is 0 Å². The molecule has 12 heavy (non-hydrogen) atoms. The normalized spacial score (nSPS) is 9.50. The first-order chi connectivity index (χ1) is 5.81. The maximum atomic E-state index is 10.6. The van der Waals surface area contributed by atoms with Crippen LogP contribution in [0.1, 0.15) is 0 Å². The predicted molar refractivity (Wildman–Crippen MR) is 37.7 cm³/mol. The van der Waals surface area contributed by atoms with Gasteiger partial charge in [0, 0.05) is 0 Å². The van der Waals surface area contributed by atoms with Gasteiger partial charge in [0.25, 0.3) is 0 Å². The SMILES string of the molecule is O=C(NCOCO)NCOCO. The van der Waals surface area contributed by atoms with E-state index >= 15 is 0 Å². The molecule has 0 rings (SSSR count). The molecule has 0 aromatic carbocycles. The molecule has 0 bridgehead atoms. The van der Waals surface area contributed by atoms with Crippen LogP contribution in [-0.4, -0.2) is 43.3 Å². The molecule has 0 atom stereocenters. The average Bonchev–Trinajstić information content (AvgIpc) is 2.06. The molecule has 7 nitrogen and oxygen atoms in total. The molecule has 0 aliphatic heterocycles. The molecule has 0 heterocycles. The lowest BCUT2D eigenvalue weighted by atomic mass is 10.9. The largest absolute Gasteiger partial charge is 0.371 e. The monoisotopic (exact) mass is 180 g/mol. The highest BCUT2D eigenvalue weighted by atomic mass is 16.6. The Morgan fingerprint density at radius 1 is 1.08 bits per heavy atom. The minimum absolute atomic E-state index is 0.0819. The molecule has 7 heteroatoms. The summed E-state index contributed by atoms with van der Waals surface area (Å²) in [6.07, 6.45) is 0. The number of nitrogens with one attached hydrogen (secondary N) is 2. The van der Waals surface area contributed by atoms with E-state index in [1.54, 1.807) is 0 Å². The first-order valence-electron chi connectivity index (χ1n) is 3.20. The minimum atomic E-state index is -0.503. The summed E-state index contributed by atoms with van der Waals surface area (Å²) in [6.45, 7) is -1.07. The molecule has 2 amide bonds. The van der Waals surface area contributed by atoms with E-state index in [2.05, 4.69) is 20.1 Å². The second-order valence-electron chi connectivity index (χ2n) is 1.64. The van der Waals surface area contributed by atoms with Crippen LogP contribution in [0.15, 0.2) is 0 Å². The van der Waals surface area contributed by atoms with Gasteiger partial charge >= 0.3 is 6.03 Å². The molecule has 0 unspecified atom stereocenters. The van der Waals surface area contributed by atoms with E-state index in [1.165, 1.54) is 0 Å². The lowest BCUT2D eigenvalue weighted by Crippen LogP contribution is -2.38. The molecule has 0 saturated carbocycles. The second-order valence-corrected chi connectivity index (χ2v) is 1.64. The Hall–Kier alpha value is -0.890. The van der Waals surface area contributed by atoms with E-state index in [0.717, 1.165) is 0 Å². The number of hydrogen-bond acceptors (Lipinski definition) is 5. The lowest BCUT2D eigenvalue weighted by Gasteiger charge is -2.06. The molecule has 0 aliphatic carbocycles.